The number of aromatic nitrogens is 1. The number of fused-ring (bicyclic) bond motifs is 1. The number of carbonyl (C=O) groups is 3. The molecule has 2 heterocycles. The predicted molar refractivity (Wildman–Crippen MR) is 157 cm³/mol. The van der Waals surface area contributed by atoms with Gasteiger partial charge in [0.25, 0.3) is 11.8 Å². The van der Waals surface area contributed by atoms with E-state index in [0.717, 1.165) is 25.2 Å². The third-order valence-electron chi connectivity index (χ3n) is 7.31. The summed E-state index contributed by atoms with van der Waals surface area (Å²) in [4.78, 5) is 53.7. The average molecular weight is 575 g/mol. The summed E-state index contributed by atoms with van der Waals surface area (Å²) in [5.41, 5.74) is 6.15. The number of halogens is 1. The molecule has 0 fully saturated rings. The zero-order chi connectivity index (χ0) is 30.4. The fraction of sp³-hybridized carbons (Fsp3) is 0.323. The maximum atomic E-state index is 14.3. The molecule has 0 saturated carbocycles. The minimum absolute atomic E-state index is 0.134. The van der Waals surface area contributed by atoms with E-state index < -0.39 is 41.2 Å². The topological polar surface area (TPSA) is 141 Å². The van der Waals surface area contributed by atoms with Crippen molar-refractivity contribution in [2.24, 2.45) is 10.7 Å². The van der Waals surface area contributed by atoms with E-state index in [2.05, 4.69) is 20.2 Å². The minimum atomic E-state index is -2.43. The number of para-hydroxylation sites is 1. The van der Waals surface area contributed by atoms with Crippen LogP contribution < -0.4 is 16.0 Å². The van der Waals surface area contributed by atoms with Crippen molar-refractivity contribution in [3.63, 3.8) is 0 Å². The highest BCUT2D eigenvalue weighted by molar-refractivity contribution is 6.26. The Labute approximate surface area is 244 Å². The Kier molecular flexibility index (Phi) is 9.56. The van der Waals surface area contributed by atoms with Crippen LogP contribution in [-0.4, -0.2) is 76.2 Å². The van der Waals surface area contributed by atoms with E-state index in [0.29, 0.717) is 23.5 Å². The van der Waals surface area contributed by atoms with E-state index >= 15 is 0 Å². The van der Waals surface area contributed by atoms with Gasteiger partial charge < -0.3 is 20.2 Å². The van der Waals surface area contributed by atoms with E-state index in [9.17, 15) is 23.9 Å². The highest BCUT2D eigenvalue weighted by atomic mass is 19.1. The van der Waals surface area contributed by atoms with Gasteiger partial charge in [0, 0.05) is 24.8 Å². The van der Waals surface area contributed by atoms with Crippen molar-refractivity contribution in [2.75, 3.05) is 31.1 Å². The van der Waals surface area contributed by atoms with E-state index in [-0.39, 0.29) is 17.8 Å². The van der Waals surface area contributed by atoms with Gasteiger partial charge in [-0.2, -0.15) is 0 Å². The molecular formula is C31H35FN6O4. The Morgan fingerprint density at radius 1 is 1.07 bits per heavy atom. The molecule has 4 N–H and O–H groups in total. The maximum Gasteiger partial charge on any atom is 0.277 e. The molecule has 220 valence electrons. The molecule has 1 aliphatic rings. The molecule has 1 aromatic heterocycles. The van der Waals surface area contributed by atoms with E-state index in [1.54, 1.807) is 48.7 Å². The van der Waals surface area contributed by atoms with Gasteiger partial charge in [-0.25, -0.2) is 9.38 Å². The zero-order valence-corrected chi connectivity index (χ0v) is 23.8. The molecule has 0 aliphatic carbocycles. The van der Waals surface area contributed by atoms with Crippen LogP contribution in [0.15, 0.2) is 77.9 Å². The van der Waals surface area contributed by atoms with E-state index in [4.69, 9.17) is 5.73 Å². The summed E-state index contributed by atoms with van der Waals surface area (Å²) in [6.45, 7) is 7.69. The molecule has 1 aliphatic heterocycles. The van der Waals surface area contributed by atoms with Gasteiger partial charge in [0.1, 0.15) is 5.82 Å². The largest absolute Gasteiger partial charge is 0.378 e. The molecule has 0 saturated heterocycles. The summed E-state index contributed by atoms with van der Waals surface area (Å²) in [6, 6.07) is 15.8. The molecule has 4 rings (SSSR count). The fourth-order valence-corrected chi connectivity index (χ4v) is 4.86. The lowest BCUT2D eigenvalue weighted by atomic mass is 9.97. The quantitative estimate of drug-likeness (QED) is 0.298. The Balaban J connectivity index is 1.74. The molecule has 2 aromatic carbocycles. The number of Topliss-reactive ketones (excluding diaryl/α,β-unsaturated/α-hetero) is 1. The molecule has 3 aromatic rings. The van der Waals surface area contributed by atoms with Crippen LogP contribution in [0.2, 0.25) is 0 Å². The highest BCUT2D eigenvalue weighted by Gasteiger charge is 2.50. The van der Waals surface area contributed by atoms with Crippen molar-refractivity contribution in [3.05, 3.63) is 95.6 Å². The number of nitrogens with two attached hydrogens (primary N) is 1. The minimum Gasteiger partial charge on any atom is -0.378 e. The van der Waals surface area contributed by atoms with Crippen LogP contribution in [0.4, 0.5) is 10.1 Å². The van der Waals surface area contributed by atoms with Gasteiger partial charge in [0.15, 0.2) is 6.10 Å². The molecule has 0 radical (unpaired) electrons. The highest BCUT2D eigenvalue weighted by Crippen LogP contribution is 2.31. The number of nitrogens with zero attached hydrogens (tertiary/aromatic N) is 4. The number of amides is 2. The number of hydrogen-bond acceptors (Lipinski definition) is 8. The van der Waals surface area contributed by atoms with Gasteiger partial charge in [0.2, 0.25) is 11.4 Å². The Bertz CT molecular complexity index is 1460. The molecule has 3 atom stereocenters. The van der Waals surface area contributed by atoms with Gasteiger partial charge in [-0.1, -0.05) is 50.2 Å². The smallest absolute Gasteiger partial charge is 0.277 e. The third kappa shape index (κ3) is 6.28. The molecule has 2 amide bonds. The number of aliphatic hydroxyl groups is 1. The third-order valence-corrected chi connectivity index (χ3v) is 7.31. The summed E-state index contributed by atoms with van der Waals surface area (Å²) in [5.74, 6) is -3.07. The normalized spacial score (nSPS) is 18.1. The fourth-order valence-electron chi connectivity index (χ4n) is 4.86. The number of anilines is 1. The molecule has 10 nitrogen and oxygen atoms in total. The lowest BCUT2D eigenvalue weighted by Crippen LogP contribution is -2.64. The van der Waals surface area contributed by atoms with Crippen LogP contribution in [-0.2, 0) is 14.4 Å². The van der Waals surface area contributed by atoms with Crippen molar-refractivity contribution in [1.29, 1.82) is 0 Å². The van der Waals surface area contributed by atoms with E-state index in [1.807, 2.05) is 13.8 Å². The first-order valence-corrected chi connectivity index (χ1v) is 13.8. The van der Waals surface area contributed by atoms with Crippen molar-refractivity contribution in [1.82, 2.24) is 15.2 Å². The van der Waals surface area contributed by atoms with Gasteiger partial charge >= 0.3 is 0 Å². The first-order valence-electron chi connectivity index (χ1n) is 13.8. The number of aliphatic imine (C=N–C) groups is 1. The molecule has 0 bridgehead atoms. The number of ketones is 1. The number of rotatable bonds is 11. The van der Waals surface area contributed by atoms with Crippen LogP contribution >= 0.6 is 0 Å². The number of hydrogen-bond donors (Lipinski definition) is 3. The second-order valence-corrected chi connectivity index (χ2v) is 9.99. The van der Waals surface area contributed by atoms with Crippen LogP contribution in [0, 0.1) is 5.82 Å². The van der Waals surface area contributed by atoms with Gasteiger partial charge in [-0.05, 0) is 55.9 Å². The first-order chi connectivity index (χ1) is 20.1. The summed E-state index contributed by atoms with van der Waals surface area (Å²) in [5, 5.41) is 12.9. The Morgan fingerprint density at radius 2 is 1.74 bits per heavy atom. The second kappa shape index (κ2) is 13.1. The number of likely N-dealkylation sites (N-methyl/N-ethyl adjacent to an activating group) is 1. The van der Waals surface area contributed by atoms with Crippen molar-refractivity contribution >= 4 is 29.0 Å². The van der Waals surface area contributed by atoms with Crippen LogP contribution in [0.3, 0.4) is 0 Å². The number of nitrogens with one attached hydrogen (secondary N) is 1. The van der Waals surface area contributed by atoms with Crippen molar-refractivity contribution in [3.8, 4) is 0 Å². The van der Waals surface area contributed by atoms with Crippen LogP contribution in [0.1, 0.15) is 43.7 Å². The lowest BCUT2D eigenvalue weighted by molar-refractivity contribution is -0.138. The van der Waals surface area contributed by atoms with Gasteiger partial charge in [0.05, 0.1) is 23.1 Å². The number of carbonyl (C=O) groups excluding carboxylic acids is 3. The summed E-state index contributed by atoms with van der Waals surface area (Å²) >= 11 is 0. The predicted octanol–water partition coefficient (Wildman–Crippen LogP) is 2.21. The van der Waals surface area contributed by atoms with Gasteiger partial charge in [-0.15, -0.1) is 0 Å². The molecular weight excluding hydrogens is 539 g/mol. The summed E-state index contributed by atoms with van der Waals surface area (Å²) in [7, 11) is 0. The molecule has 42 heavy (non-hydrogen) atoms. The number of pyridine rings is 1. The zero-order valence-electron chi connectivity index (χ0n) is 23.8. The first kappa shape index (κ1) is 30.6. The maximum absolute atomic E-state index is 14.3. The van der Waals surface area contributed by atoms with Crippen LogP contribution in [0.5, 0.6) is 0 Å². The average Bonchev–Trinajstić information content (AvgIpc) is 3.10. The standard InChI is InChI=1S/C31H35FN6O4/c1-4-37(5-2)18-19-38-25-12-7-6-10-23(25)26(24-11-8-9-17-34-24)36-31(33,30(38)42)28(40)20(3)35-29(41)27(39)21-13-15-22(32)16-14-21/h6-17,20,27,39H,4-5,18-19,33H2,1-3H3,(H,35,41)/t20-,27?,31?/m0/s1. The van der Waals surface area contributed by atoms with Crippen molar-refractivity contribution in [2.45, 2.75) is 38.6 Å². The van der Waals surface area contributed by atoms with Crippen molar-refractivity contribution < 1.29 is 23.9 Å². The lowest BCUT2D eigenvalue weighted by Gasteiger charge is -2.32. The van der Waals surface area contributed by atoms with E-state index in [1.165, 1.54) is 24.0 Å². The monoisotopic (exact) mass is 574 g/mol. The molecule has 0 spiro atoms. The molecule has 11 heteroatoms. The Morgan fingerprint density at radius 3 is 2.38 bits per heavy atom. The SMILES string of the molecule is CCN(CC)CCN1C(=O)C(N)(C(=O)[C@H](C)NC(=O)C(O)c2ccc(F)cc2)N=C(c2ccccn2)c2ccccc21. The Hall–Kier alpha value is -4.32. The number of benzene rings is 2. The van der Waals surface area contributed by atoms with Gasteiger partial charge in [-0.3, -0.25) is 25.1 Å². The summed E-state index contributed by atoms with van der Waals surface area (Å²) < 4.78 is 13.3. The molecule has 2 unspecified atom stereocenters. The number of benzodiazepines with no additional fused rings is 1. The van der Waals surface area contributed by atoms with Crippen LogP contribution in [0.25, 0.3) is 0 Å². The summed E-state index contributed by atoms with van der Waals surface area (Å²) in [6.07, 6.45) is -0.104. The second-order valence-electron chi connectivity index (χ2n) is 9.99. The number of aliphatic hydroxyl groups excluding tert-OH is 1.